The summed E-state index contributed by atoms with van der Waals surface area (Å²) in [6.45, 7) is -2.32. The predicted octanol–water partition coefficient (Wildman–Crippen LogP) is 1.44. The predicted molar refractivity (Wildman–Crippen MR) is 80.0 cm³/mol. The van der Waals surface area contributed by atoms with Gasteiger partial charge in [-0.2, -0.15) is 8.78 Å². The van der Waals surface area contributed by atoms with E-state index in [-0.39, 0.29) is 17.4 Å². The van der Waals surface area contributed by atoms with Crippen LogP contribution >= 0.6 is 0 Å². The van der Waals surface area contributed by atoms with Gasteiger partial charge in [-0.1, -0.05) is 12.1 Å². The van der Waals surface area contributed by atoms with E-state index >= 15 is 0 Å². The molecule has 6 nitrogen and oxygen atoms in total. The van der Waals surface area contributed by atoms with Crippen LogP contribution in [-0.4, -0.2) is 51.2 Å². The van der Waals surface area contributed by atoms with Gasteiger partial charge in [-0.3, -0.25) is 4.79 Å². The van der Waals surface area contributed by atoms with Crippen LogP contribution < -0.4 is 9.46 Å². The zero-order valence-corrected chi connectivity index (χ0v) is 13.4. The molecule has 0 atom stereocenters. The van der Waals surface area contributed by atoms with E-state index in [4.69, 9.17) is 0 Å². The third-order valence-corrected chi connectivity index (χ3v) is 4.26. The van der Waals surface area contributed by atoms with Gasteiger partial charge in [-0.05, 0) is 25.0 Å². The van der Waals surface area contributed by atoms with Crippen LogP contribution in [0, 0.1) is 0 Å². The highest BCUT2D eigenvalue weighted by atomic mass is 32.2. The van der Waals surface area contributed by atoms with Crippen LogP contribution in [0.5, 0.6) is 5.75 Å². The molecule has 1 aliphatic rings. The summed E-state index contributed by atoms with van der Waals surface area (Å²) in [5.74, 6) is -0.567. The Balaban J connectivity index is 2.03. The number of sulfonamides is 1. The van der Waals surface area contributed by atoms with E-state index in [1.165, 1.54) is 23.1 Å². The van der Waals surface area contributed by atoms with E-state index in [0.29, 0.717) is 25.9 Å². The second-order valence-electron chi connectivity index (χ2n) is 5.33. The average Bonchev–Trinajstić information content (AvgIpc) is 2.45. The van der Waals surface area contributed by atoms with Crippen LogP contribution in [-0.2, 0) is 10.0 Å². The molecule has 1 fully saturated rings. The molecular formula is C14H18F2N2O4S. The van der Waals surface area contributed by atoms with Crippen molar-refractivity contribution in [3.05, 3.63) is 29.8 Å². The second kappa shape index (κ2) is 7.22. The highest BCUT2D eigenvalue weighted by Crippen LogP contribution is 2.23. The number of halogens is 2. The van der Waals surface area contributed by atoms with Gasteiger partial charge in [0.05, 0.1) is 11.8 Å². The Bertz CT molecular complexity index is 658. The maximum Gasteiger partial charge on any atom is 0.387 e. The molecule has 9 heteroatoms. The third-order valence-electron chi connectivity index (χ3n) is 3.50. The van der Waals surface area contributed by atoms with E-state index in [1.54, 1.807) is 6.07 Å². The Morgan fingerprint density at radius 3 is 2.48 bits per heavy atom. The fraction of sp³-hybridized carbons (Fsp3) is 0.500. The van der Waals surface area contributed by atoms with Crippen molar-refractivity contribution in [2.75, 3.05) is 19.3 Å². The summed E-state index contributed by atoms with van der Waals surface area (Å²) in [4.78, 5) is 14.0. The minimum absolute atomic E-state index is 0.0716. The quantitative estimate of drug-likeness (QED) is 0.874. The van der Waals surface area contributed by atoms with Gasteiger partial charge in [0, 0.05) is 19.1 Å². The molecule has 0 spiro atoms. The van der Waals surface area contributed by atoms with Crippen LogP contribution in [0.2, 0.25) is 0 Å². The van der Waals surface area contributed by atoms with Crippen LogP contribution in [0.25, 0.3) is 0 Å². The van der Waals surface area contributed by atoms with Crippen molar-refractivity contribution in [1.29, 1.82) is 0 Å². The second-order valence-corrected chi connectivity index (χ2v) is 7.11. The molecule has 0 aliphatic carbocycles. The SMILES string of the molecule is CS(=O)(=O)NC1CCN(C(=O)c2ccccc2OC(F)F)CC1. The lowest BCUT2D eigenvalue weighted by atomic mass is 10.0. The van der Waals surface area contributed by atoms with Crippen molar-refractivity contribution in [2.45, 2.75) is 25.5 Å². The number of rotatable bonds is 5. The third kappa shape index (κ3) is 5.14. The minimum Gasteiger partial charge on any atom is -0.434 e. The highest BCUT2D eigenvalue weighted by molar-refractivity contribution is 7.88. The summed E-state index contributed by atoms with van der Waals surface area (Å²) in [5, 5.41) is 0. The highest BCUT2D eigenvalue weighted by Gasteiger charge is 2.27. The molecule has 0 bridgehead atoms. The van der Waals surface area contributed by atoms with Gasteiger partial charge in [0.25, 0.3) is 5.91 Å². The first kappa shape index (κ1) is 17.6. The number of nitrogens with zero attached hydrogens (tertiary/aromatic N) is 1. The summed E-state index contributed by atoms with van der Waals surface area (Å²) in [6.07, 6.45) is 2.02. The average molecular weight is 348 g/mol. The number of hydrogen-bond acceptors (Lipinski definition) is 4. The van der Waals surface area contributed by atoms with Gasteiger partial charge in [-0.25, -0.2) is 13.1 Å². The largest absolute Gasteiger partial charge is 0.434 e. The van der Waals surface area contributed by atoms with Crippen LogP contribution in [0.1, 0.15) is 23.2 Å². The Labute approximate surface area is 133 Å². The Hall–Kier alpha value is -1.74. The van der Waals surface area contributed by atoms with Crippen molar-refractivity contribution in [3.63, 3.8) is 0 Å². The normalized spacial score (nSPS) is 16.6. The monoisotopic (exact) mass is 348 g/mol. The van der Waals surface area contributed by atoms with E-state index in [9.17, 15) is 22.0 Å². The number of piperidine rings is 1. The Morgan fingerprint density at radius 1 is 1.30 bits per heavy atom. The van der Waals surface area contributed by atoms with Crippen molar-refractivity contribution >= 4 is 15.9 Å². The van der Waals surface area contributed by atoms with Crippen molar-refractivity contribution in [3.8, 4) is 5.75 Å². The molecule has 1 N–H and O–H groups in total. The molecule has 0 saturated carbocycles. The summed E-state index contributed by atoms with van der Waals surface area (Å²) in [5.41, 5.74) is 0.0716. The summed E-state index contributed by atoms with van der Waals surface area (Å²) in [6, 6.07) is 5.61. The first-order chi connectivity index (χ1) is 10.8. The number of benzene rings is 1. The first-order valence-electron chi connectivity index (χ1n) is 7.06. The fourth-order valence-corrected chi connectivity index (χ4v) is 3.36. The number of carbonyl (C=O) groups is 1. The van der Waals surface area contributed by atoms with Gasteiger partial charge >= 0.3 is 6.61 Å². The summed E-state index contributed by atoms with van der Waals surface area (Å²) >= 11 is 0. The zero-order chi connectivity index (χ0) is 17.0. The zero-order valence-electron chi connectivity index (χ0n) is 12.5. The van der Waals surface area contributed by atoms with Gasteiger partial charge in [0.1, 0.15) is 5.75 Å². The van der Waals surface area contributed by atoms with Crippen molar-refractivity contribution in [1.82, 2.24) is 9.62 Å². The fourth-order valence-electron chi connectivity index (χ4n) is 2.52. The Kier molecular flexibility index (Phi) is 5.53. The summed E-state index contributed by atoms with van der Waals surface area (Å²) < 4.78 is 54.1. The van der Waals surface area contributed by atoms with Crippen molar-refractivity contribution in [2.24, 2.45) is 0 Å². The van der Waals surface area contributed by atoms with E-state index in [2.05, 4.69) is 9.46 Å². The number of alkyl halides is 2. The summed E-state index contributed by atoms with van der Waals surface area (Å²) in [7, 11) is -3.29. The molecule has 0 aromatic heterocycles. The lowest BCUT2D eigenvalue weighted by Crippen LogP contribution is -2.46. The maximum absolute atomic E-state index is 12.5. The first-order valence-corrected chi connectivity index (χ1v) is 8.96. The van der Waals surface area contributed by atoms with E-state index in [1.807, 2.05) is 0 Å². The number of hydrogen-bond donors (Lipinski definition) is 1. The lowest BCUT2D eigenvalue weighted by molar-refractivity contribution is -0.0503. The molecule has 23 heavy (non-hydrogen) atoms. The molecule has 2 rings (SSSR count). The van der Waals surface area contributed by atoms with Gasteiger partial charge < -0.3 is 9.64 Å². The molecule has 1 saturated heterocycles. The molecular weight excluding hydrogens is 330 g/mol. The molecule has 1 aromatic rings. The van der Waals surface area contributed by atoms with Gasteiger partial charge in [0.2, 0.25) is 10.0 Å². The van der Waals surface area contributed by atoms with Crippen molar-refractivity contribution < 1.29 is 26.7 Å². The number of nitrogens with one attached hydrogen (secondary N) is 1. The number of ether oxygens (including phenoxy) is 1. The number of likely N-dealkylation sites (tertiary alicyclic amines) is 1. The lowest BCUT2D eigenvalue weighted by Gasteiger charge is -2.32. The standard InChI is InChI=1S/C14H18F2N2O4S/c1-23(20,21)17-10-6-8-18(9-7-10)13(19)11-4-2-3-5-12(11)22-14(15)16/h2-5,10,14,17H,6-9H2,1H3. The minimum atomic E-state index is -3.29. The molecule has 0 radical (unpaired) electrons. The number of carbonyl (C=O) groups excluding carboxylic acids is 1. The van der Waals surface area contributed by atoms with Crippen LogP contribution in [0.15, 0.2) is 24.3 Å². The maximum atomic E-state index is 12.5. The molecule has 1 amide bonds. The number of amides is 1. The molecule has 1 heterocycles. The molecule has 1 aromatic carbocycles. The molecule has 1 aliphatic heterocycles. The Morgan fingerprint density at radius 2 is 1.91 bits per heavy atom. The number of para-hydroxylation sites is 1. The molecule has 0 unspecified atom stereocenters. The molecule has 128 valence electrons. The smallest absolute Gasteiger partial charge is 0.387 e. The van der Waals surface area contributed by atoms with Crippen LogP contribution in [0.4, 0.5) is 8.78 Å². The van der Waals surface area contributed by atoms with Gasteiger partial charge in [0.15, 0.2) is 0 Å². The topological polar surface area (TPSA) is 75.7 Å². The van der Waals surface area contributed by atoms with Gasteiger partial charge in [-0.15, -0.1) is 0 Å². The van der Waals surface area contributed by atoms with E-state index in [0.717, 1.165) is 6.26 Å². The van der Waals surface area contributed by atoms with E-state index < -0.39 is 22.5 Å². The van der Waals surface area contributed by atoms with Crippen LogP contribution in [0.3, 0.4) is 0 Å².